The number of carbonyl (C=O) groups is 4. The third-order valence-corrected chi connectivity index (χ3v) is 3.79. The number of nitrogens with two attached hydrogens (primary N) is 2. The van der Waals surface area contributed by atoms with Gasteiger partial charge in [0.15, 0.2) is 0 Å². The quantitative estimate of drug-likeness (QED) is 0.181. The van der Waals surface area contributed by atoms with Gasteiger partial charge in [0.05, 0.1) is 0 Å². The van der Waals surface area contributed by atoms with Crippen molar-refractivity contribution in [3.63, 3.8) is 0 Å². The first-order chi connectivity index (χ1) is 10.3. The largest absolute Gasteiger partial charge is 0.480 e. The Morgan fingerprint density at radius 2 is 1.82 bits per heavy atom. The summed E-state index contributed by atoms with van der Waals surface area (Å²) in [7, 11) is 2.00. The van der Waals surface area contributed by atoms with Gasteiger partial charge in [-0.3, -0.25) is 24.3 Å². The zero-order valence-corrected chi connectivity index (χ0v) is 13.1. The lowest BCUT2D eigenvalue weighted by Gasteiger charge is -2.17. The molecule has 0 aliphatic carbocycles. The van der Waals surface area contributed by atoms with E-state index >= 15 is 0 Å². The average Bonchev–Trinajstić information content (AvgIpc) is 2.46. The van der Waals surface area contributed by atoms with Crippen LogP contribution in [0.15, 0.2) is 0 Å². The first-order valence-electron chi connectivity index (χ1n) is 6.03. The molecule has 0 aliphatic heterocycles. The Morgan fingerprint density at radius 3 is 2.32 bits per heavy atom. The predicted octanol–water partition coefficient (Wildman–Crippen LogP) is -1.88. The summed E-state index contributed by atoms with van der Waals surface area (Å²) in [5.41, 5.74) is 5.27. The van der Waals surface area contributed by atoms with E-state index in [1.807, 2.05) is 0 Å². The van der Waals surface area contributed by atoms with Crippen molar-refractivity contribution in [2.45, 2.75) is 24.9 Å². The maximum Gasteiger partial charge on any atom is 0.322 e. The number of hydrogen-bond acceptors (Lipinski definition) is 8. The molecule has 0 radical (unpaired) electrons. The molecule has 126 valence electrons. The number of carbonyl (C=O) groups excluding carboxylic acids is 2. The molecule has 0 aromatic heterocycles. The van der Waals surface area contributed by atoms with Crippen molar-refractivity contribution in [1.82, 2.24) is 10.6 Å². The summed E-state index contributed by atoms with van der Waals surface area (Å²) in [5.74, 6) is -3.54. The van der Waals surface area contributed by atoms with E-state index in [2.05, 4.69) is 10.6 Å². The van der Waals surface area contributed by atoms with Crippen molar-refractivity contribution in [2.24, 2.45) is 10.9 Å². The second-order valence-corrected chi connectivity index (χ2v) is 6.14. The zero-order valence-electron chi connectivity index (χ0n) is 11.5. The molecule has 0 rings (SSSR count). The van der Waals surface area contributed by atoms with Crippen molar-refractivity contribution in [3.05, 3.63) is 0 Å². The Hall–Kier alpha value is -1.50. The van der Waals surface area contributed by atoms with Crippen LogP contribution in [0, 0.1) is 0 Å². The van der Waals surface area contributed by atoms with E-state index < -0.39 is 42.4 Å². The van der Waals surface area contributed by atoms with Crippen LogP contribution in [-0.4, -0.2) is 58.3 Å². The first kappa shape index (κ1) is 20.5. The lowest BCUT2D eigenvalue weighted by Crippen LogP contribution is -2.49. The molecule has 12 heteroatoms. The van der Waals surface area contributed by atoms with E-state index in [1.54, 1.807) is 0 Å². The fourth-order valence-electron chi connectivity index (χ4n) is 1.25. The molecule has 0 fully saturated rings. The summed E-state index contributed by atoms with van der Waals surface area (Å²) in [5, 5.41) is 26.9. The fourth-order valence-corrected chi connectivity index (χ4v) is 2.35. The van der Waals surface area contributed by atoms with E-state index in [0.29, 0.717) is 0 Å². The Kier molecular flexibility index (Phi) is 10.4. The number of amides is 2. The van der Waals surface area contributed by atoms with Gasteiger partial charge in [-0.15, -0.1) is 0 Å². The summed E-state index contributed by atoms with van der Waals surface area (Å²) in [6.45, 7) is -0.574. The van der Waals surface area contributed by atoms with Crippen molar-refractivity contribution >= 4 is 45.5 Å². The summed E-state index contributed by atoms with van der Waals surface area (Å²) < 4.78 is 0. The predicted molar refractivity (Wildman–Crippen MR) is 81.7 cm³/mol. The molecule has 2 unspecified atom stereocenters. The van der Waals surface area contributed by atoms with Crippen LogP contribution in [-0.2, 0) is 19.2 Å². The molecule has 2 atom stereocenters. The minimum atomic E-state index is -1.22. The van der Waals surface area contributed by atoms with Crippen LogP contribution in [0.4, 0.5) is 0 Å². The van der Waals surface area contributed by atoms with Crippen molar-refractivity contribution in [1.29, 1.82) is 0 Å². The van der Waals surface area contributed by atoms with Gasteiger partial charge in [0.1, 0.15) is 18.6 Å². The monoisotopic (exact) mass is 354 g/mol. The van der Waals surface area contributed by atoms with Crippen LogP contribution in [0.3, 0.4) is 0 Å². The molecular weight excluding hydrogens is 336 g/mol. The molecule has 0 heterocycles. The minimum absolute atomic E-state index is 0.0799. The highest BCUT2D eigenvalue weighted by atomic mass is 33.1. The summed E-state index contributed by atoms with van der Waals surface area (Å²) in [6, 6.07) is -2.15. The summed E-state index contributed by atoms with van der Waals surface area (Å²) >= 11 is 0. The van der Waals surface area contributed by atoms with E-state index in [9.17, 15) is 19.2 Å². The van der Waals surface area contributed by atoms with Crippen LogP contribution >= 0.6 is 21.8 Å². The van der Waals surface area contributed by atoms with Gasteiger partial charge in [-0.2, -0.15) is 0 Å². The molecule has 0 saturated heterocycles. The smallest absolute Gasteiger partial charge is 0.322 e. The highest BCUT2D eigenvalue weighted by molar-refractivity contribution is 8.75. The number of carboxylic acids is 2. The van der Waals surface area contributed by atoms with Crippen LogP contribution < -0.4 is 21.5 Å². The minimum Gasteiger partial charge on any atom is -0.480 e. The molecule has 2 amide bonds. The van der Waals surface area contributed by atoms with Gasteiger partial charge in [0.25, 0.3) is 0 Å². The van der Waals surface area contributed by atoms with Gasteiger partial charge in [0.2, 0.25) is 11.8 Å². The Morgan fingerprint density at radius 1 is 1.18 bits per heavy atom. The third kappa shape index (κ3) is 9.44. The van der Waals surface area contributed by atoms with Crippen LogP contribution in [0.2, 0.25) is 0 Å². The molecule has 0 bridgehead atoms. The van der Waals surface area contributed by atoms with Crippen molar-refractivity contribution < 1.29 is 29.4 Å². The lowest BCUT2D eigenvalue weighted by molar-refractivity contribution is -0.139. The molecule has 0 aliphatic rings. The summed E-state index contributed by atoms with van der Waals surface area (Å²) in [4.78, 5) is 44.4. The van der Waals surface area contributed by atoms with E-state index in [0.717, 1.165) is 21.8 Å². The number of hydrogen-bond donors (Lipinski definition) is 6. The fraction of sp³-hybridized carbons (Fsp3) is 0.600. The van der Waals surface area contributed by atoms with E-state index in [-0.39, 0.29) is 18.6 Å². The molecule has 0 aromatic carbocycles. The first-order valence-corrected chi connectivity index (χ1v) is 8.41. The van der Waals surface area contributed by atoms with Crippen LogP contribution in [0.1, 0.15) is 12.8 Å². The van der Waals surface area contributed by atoms with Gasteiger partial charge in [-0.25, -0.2) is 0 Å². The lowest BCUT2D eigenvalue weighted by atomic mass is 10.1. The highest BCUT2D eigenvalue weighted by Gasteiger charge is 2.22. The van der Waals surface area contributed by atoms with Gasteiger partial charge >= 0.3 is 11.9 Å². The average molecular weight is 354 g/mol. The number of nitrogens with one attached hydrogen (secondary N) is 2. The van der Waals surface area contributed by atoms with Gasteiger partial charge in [-0.05, 0) is 17.4 Å². The summed E-state index contributed by atoms with van der Waals surface area (Å²) in [6.07, 6.45) is -0.250. The molecule has 10 nitrogen and oxygen atoms in total. The van der Waals surface area contributed by atoms with Gasteiger partial charge in [-0.1, -0.05) is 10.8 Å². The van der Waals surface area contributed by atoms with Crippen molar-refractivity contribution in [2.75, 3.05) is 12.3 Å². The Bertz CT molecular complexity index is 422. The maximum atomic E-state index is 11.8. The number of carboxylic acid groups (broad SMARTS) is 2. The molecule has 8 N–H and O–H groups in total. The number of aliphatic carboxylic acids is 2. The van der Waals surface area contributed by atoms with E-state index in [1.165, 1.54) is 0 Å². The zero-order chi connectivity index (χ0) is 17.1. The number of rotatable bonds is 11. The normalized spacial score (nSPS) is 13.0. The second kappa shape index (κ2) is 11.1. The van der Waals surface area contributed by atoms with E-state index in [4.69, 9.17) is 21.1 Å². The van der Waals surface area contributed by atoms with Gasteiger partial charge < -0.3 is 26.6 Å². The maximum absolute atomic E-state index is 11.8. The van der Waals surface area contributed by atoms with Crippen LogP contribution in [0.5, 0.6) is 0 Å². The highest BCUT2D eigenvalue weighted by Crippen LogP contribution is 2.14. The molecule has 22 heavy (non-hydrogen) atoms. The standard InChI is InChI=1S/C10H18N4O6S2/c11-5(10(19)20)1-2-7(15)14-6(4-21-22-12)9(18)13-3-8(16)17/h5-6H,1-4,11-12H2,(H,13,18)(H,14,15)(H,16,17)(H,19,20). The second-order valence-electron chi connectivity index (χ2n) is 4.10. The van der Waals surface area contributed by atoms with Gasteiger partial charge in [0, 0.05) is 12.2 Å². The molecule has 0 aromatic rings. The van der Waals surface area contributed by atoms with Crippen molar-refractivity contribution in [3.8, 4) is 0 Å². The van der Waals surface area contributed by atoms with Crippen LogP contribution in [0.25, 0.3) is 0 Å². The third-order valence-electron chi connectivity index (χ3n) is 2.37. The molecular formula is C10H18N4O6S2. The Balaban J connectivity index is 4.43. The molecule has 0 spiro atoms. The molecule has 0 saturated carbocycles. The SMILES string of the molecule is NSSCC(NC(=O)CCC(N)C(=O)O)C(=O)NCC(=O)O. The Labute approximate surface area is 134 Å². The topological polar surface area (TPSA) is 185 Å².